The first kappa shape index (κ1) is 38.2. The van der Waals surface area contributed by atoms with Gasteiger partial charge in [0.05, 0.1) is 18.5 Å². The molecule has 0 spiro atoms. The van der Waals surface area contributed by atoms with Crippen molar-refractivity contribution < 1.29 is 37.2 Å². The van der Waals surface area contributed by atoms with E-state index in [1.165, 1.54) is 0 Å². The Balaban J connectivity index is 0.000000355. The number of halogens is 4. The summed E-state index contributed by atoms with van der Waals surface area (Å²) >= 11 is 8.80. The Hall–Kier alpha value is -0.831. The van der Waals surface area contributed by atoms with Crippen LogP contribution in [0.3, 0.4) is 0 Å². The molecule has 13 heteroatoms. The Labute approximate surface area is 305 Å². The number of carboxylic acid groups (broad SMARTS) is 1. The smallest absolute Gasteiger partial charge is 0.507 e. The minimum absolute atomic E-state index is 0. The number of nitrogens with one attached hydrogen (secondary N) is 2. The van der Waals surface area contributed by atoms with E-state index in [2.05, 4.69) is 111 Å². The van der Waals surface area contributed by atoms with Crippen LogP contribution in [0.5, 0.6) is 11.5 Å². The van der Waals surface area contributed by atoms with Crippen molar-refractivity contribution in [3.63, 3.8) is 0 Å². The van der Waals surface area contributed by atoms with Crippen LogP contribution >= 0.6 is 90.4 Å². The number of benzene rings is 2. The fraction of sp³-hybridized carbons (Fsp3) is 0.179. The van der Waals surface area contributed by atoms with Gasteiger partial charge >= 0.3 is 17.1 Å². The first-order valence-corrected chi connectivity index (χ1v) is 16.1. The van der Waals surface area contributed by atoms with Crippen molar-refractivity contribution in [2.75, 3.05) is 0 Å². The number of aromatic hydroxyl groups is 2. The molecule has 2 aromatic heterocycles. The maximum Gasteiger partial charge on any atom is 2.00 e. The number of aliphatic carboxylic acids is 1. The van der Waals surface area contributed by atoms with Crippen molar-refractivity contribution in [1.82, 2.24) is 20.6 Å². The van der Waals surface area contributed by atoms with Crippen molar-refractivity contribution in [1.29, 1.82) is 0 Å². The first-order valence-electron chi connectivity index (χ1n) is 11.8. The van der Waals surface area contributed by atoms with Gasteiger partial charge in [0, 0.05) is 63.8 Å². The van der Waals surface area contributed by atoms with Crippen molar-refractivity contribution in [3.05, 3.63) is 110 Å². The topological polar surface area (TPSA) is 128 Å². The van der Waals surface area contributed by atoms with Crippen LogP contribution in [-0.2, 0) is 48.0 Å². The molecule has 41 heavy (non-hydrogen) atoms. The van der Waals surface area contributed by atoms with Gasteiger partial charge in [-0.15, -0.1) is 0 Å². The molecule has 0 fully saturated rings. The van der Waals surface area contributed by atoms with Crippen LogP contribution < -0.4 is 10.6 Å². The third-order valence-corrected chi connectivity index (χ3v) is 7.80. The van der Waals surface area contributed by atoms with Crippen LogP contribution in [0.2, 0.25) is 0 Å². The number of phenolic OH excluding ortho intramolecular Hbond substituents is 2. The number of carbonyl (C=O) groups is 1. The van der Waals surface area contributed by atoms with E-state index < -0.39 is 5.97 Å². The van der Waals surface area contributed by atoms with Crippen LogP contribution in [-0.4, -0.2) is 31.3 Å². The van der Waals surface area contributed by atoms with Gasteiger partial charge in [-0.3, -0.25) is 14.8 Å². The van der Waals surface area contributed by atoms with Crippen molar-refractivity contribution in [3.8, 4) is 11.5 Å². The Kier molecular flexibility index (Phi) is 19.5. The van der Waals surface area contributed by atoms with Gasteiger partial charge in [0.25, 0.3) is 5.97 Å². The van der Waals surface area contributed by atoms with Gasteiger partial charge in [0.1, 0.15) is 11.5 Å². The quantitative estimate of drug-likeness (QED) is 0.0981. The summed E-state index contributed by atoms with van der Waals surface area (Å²) in [6.07, 6.45) is 3.56. The molecule has 4 rings (SSSR count). The monoisotopic (exact) mass is 1050 g/mol. The van der Waals surface area contributed by atoms with Crippen LogP contribution in [0.4, 0.5) is 0 Å². The SMILES string of the molecule is CC(=O)O.Oc1c(I)cc(I)cc1CNCc1ccccn1.Oc1c(I)cc(I)cc1CNCc1ccccn1.[Cu+2]. The molecule has 4 aromatic rings. The van der Waals surface area contributed by atoms with E-state index >= 15 is 0 Å². The van der Waals surface area contributed by atoms with Gasteiger partial charge in [-0.1, -0.05) is 12.1 Å². The zero-order chi connectivity index (χ0) is 29.5. The summed E-state index contributed by atoms with van der Waals surface area (Å²) in [4.78, 5) is 17.5. The number of aromatic nitrogens is 2. The molecule has 2 aromatic carbocycles. The first-order chi connectivity index (χ1) is 19.1. The van der Waals surface area contributed by atoms with Crippen molar-refractivity contribution in [2.24, 2.45) is 0 Å². The third-order valence-electron chi connectivity index (χ3n) is 4.91. The van der Waals surface area contributed by atoms with Crippen LogP contribution in [0.15, 0.2) is 73.1 Å². The summed E-state index contributed by atoms with van der Waals surface area (Å²) in [7, 11) is 0. The van der Waals surface area contributed by atoms with Crippen molar-refractivity contribution in [2.45, 2.75) is 33.1 Å². The molecule has 5 N–H and O–H groups in total. The molecule has 221 valence electrons. The minimum atomic E-state index is -0.833. The molecule has 8 nitrogen and oxygen atoms in total. The van der Waals surface area contributed by atoms with E-state index in [4.69, 9.17) is 9.90 Å². The van der Waals surface area contributed by atoms with Gasteiger partial charge < -0.3 is 26.0 Å². The molecule has 0 saturated heterocycles. The molecule has 0 unspecified atom stereocenters. The number of phenols is 2. The Bertz CT molecular complexity index is 1270. The minimum Gasteiger partial charge on any atom is -0.507 e. The van der Waals surface area contributed by atoms with E-state index in [9.17, 15) is 10.2 Å². The Morgan fingerprint density at radius 2 is 1.07 bits per heavy atom. The van der Waals surface area contributed by atoms with Gasteiger partial charge in [-0.25, -0.2) is 0 Å². The van der Waals surface area contributed by atoms with E-state index in [-0.39, 0.29) is 17.1 Å². The maximum absolute atomic E-state index is 9.95. The van der Waals surface area contributed by atoms with Gasteiger partial charge in [0.15, 0.2) is 0 Å². The number of nitrogens with zero attached hydrogens (tertiary/aromatic N) is 2. The average molecular weight is 1060 g/mol. The second-order valence-electron chi connectivity index (χ2n) is 8.16. The largest absolute Gasteiger partial charge is 2.00 e. The number of hydrogen-bond acceptors (Lipinski definition) is 7. The summed E-state index contributed by atoms with van der Waals surface area (Å²) in [5.74, 6) is -0.103. The number of rotatable bonds is 8. The number of carboxylic acids is 1. The van der Waals surface area contributed by atoms with Crippen LogP contribution in [0.1, 0.15) is 29.4 Å². The standard InChI is InChI=1S/2C13H12I2N2O.C2H4O2.Cu/c2*14-10-5-9(13(18)12(15)6-10)7-16-8-11-3-1-2-4-17-11;1-2(3)4;/h2*1-6,16,18H,7-8H2;1H3,(H,3,4);/q;;;+2. The van der Waals surface area contributed by atoms with E-state index in [0.29, 0.717) is 37.7 Å². The van der Waals surface area contributed by atoms with Gasteiger partial charge in [-0.05, 0) is 139 Å². The fourth-order valence-electron chi connectivity index (χ4n) is 3.16. The molecular weight excluding hydrogens is 1030 g/mol. The van der Waals surface area contributed by atoms with Crippen molar-refractivity contribution >= 4 is 96.3 Å². The predicted molar refractivity (Wildman–Crippen MR) is 190 cm³/mol. The van der Waals surface area contributed by atoms with Crippen LogP contribution in [0, 0.1) is 14.3 Å². The molecule has 0 aliphatic rings. The number of hydrogen-bond donors (Lipinski definition) is 5. The summed E-state index contributed by atoms with van der Waals surface area (Å²) in [5.41, 5.74) is 3.83. The second kappa shape index (κ2) is 21.0. The predicted octanol–water partition coefficient (Wildman–Crippen LogP) is 6.66. The zero-order valence-corrected chi connectivity index (χ0v) is 31.3. The molecule has 0 amide bonds. The van der Waals surface area contributed by atoms with E-state index in [1.54, 1.807) is 12.4 Å². The molecule has 0 bridgehead atoms. The molecule has 0 aliphatic heterocycles. The molecule has 2 heterocycles. The van der Waals surface area contributed by atoms with Gasteiger partial charge in [0.2, 0.25) is 0 Å². The maximum atomic E-state index is 9.95. The molecule has 1 radical (unpaired) electrons. The number of pyridine rings is 2. The molecule has 0 atom stereocenters. The summed E-state index contributed by atoms with van der Waals surface area (Å²) in [6.45, 7) is 3.75. The Morgan fingerprint density at radius 1 is 0.707 bits per heavy atom. The summed E-state index contributed by atoms with van der Waals surface area (Å²) in [6, 6.07) is 19.6. The Morgan fingerprint density at radius 3 is 1.39 bits per heavy atom. The van der Waals surface area contributed by atoms with E-state index in [0.717, 1.165) is 43.7 Å². The molecule has 0 aliphatic carbocycles. The molecule has 0 saturated carbocycles. The summed E-state index contributed by atoms with van der Waals surface area (Å²) in [5, 5.41) is 33.9. The normalized spacial score (nSPS) is 9.88. The fourth-order valence-corrected chi connectivity index (χ4v) is 7.09. The van der Waals surface area contributed by atoms with Gasteiger partial charge in [-0.2, -0.15) is 0 Å². The average Bonchev–Trinajstić information content (AvgIpc) is 2.91. The second-order valence-corrected chi connectivity index (χ2v) is 13.0. The third kappa shape index (κ3) is 15.5. The summed E-state index contributed by atoms with van der Waals surface area (Å²) < 4.78 is 4.03. The zero-order valence-electron chi connectivity index (χ0n) is 21.7. The molecular formula is C28H28CuI4N4O4+2. The van der Waals surface area contributed by atoms with Crippen LogP contribution in [0.25, 0.3) is 0 Å². The van der Waals surface area contributed by atoms with E-state index in [1.807, 2.05) is 60.7 Å².